The highest BCUT2D eigenvalue weighted by Crippen LogP contribution is 2.35. The second-order valence-electron chi connectivity index (χ2n) is 9.81. The molecule has 0 bridgehead atoms. The molecule has 1 atom stereocenters. The van der Waals surface area contributed by atoms with Gasteiger partial charge in [-0.25, -0.2) is 0 Å². The minimum atomic E-state index is -1.00. The van der Waals surface area contributed by atoms with Gasteiger partial charge in [0.2, 0.25) is 5.91 Å². The van der Waals surface area contributed by atoms with Crippen molar-refractivity contribution in [2.75, 3.05) is 0 Å². The van der Waals surface area contributed by atoms with Gasteiger partial charge < -0.3 is 19.2 Å². The Bertz CT molecular complexity index is 1170. The van der Waals surface area contributed by atoms with Crippen LogP contribution in [0.3, 0.4) is 0 Å². The van der Waals surface area contributed by atoms with Crippen LogP contribution in [0.1, 0.15) is 61.1 Å². The van der Waals surface area contributed by atoms with E-state index in [0.717, 1.165) is 42.3 Å². The van der Waals surface area contributed by atoms with Gasteiger partial charge >= 0.3 is 0 Å². The first kappa shape index (κ1) is 20.9. The van der Waals surface area contributed by atoms with Crippen molar-refractivity contribution >= 4 is 22.9 Å². The summed E-state index contributed by atoms with van der Waals surface area (Å²) in [6.45, 7) is 7.01. The number of nitrogens with zero attached hydrogens (tertiary/aromatic N) is 2. The molecule has 1 N–H and O–H groups in total. The summed E-state index contributed by atoms with van der Waals surface area (Å²) in [5.41, 5.74) is 3.27. The van der Waals surface area contributed by atoms with Crippen LogP contribution in [-0.2, 0) is 17.9 Å². The Morgan fingerprint density at radius 1 is 1.19 bits per heavy atom. The van der Waals surface area contributed by atoms with Gasteiger partial charge in [-0.3, -0.25) is 9.59 Å². The Morgan fingerprint density at radius 2 is 1.94 bits per heavy atom. The molecule has 168 valence electrons. The van der Waals surface area contributed by atoms with Crippen LogP contribution in [-0.4, -0.2) is 32.9 Å². The molecule has 1 aliphatic heterocycles. The molecule has 32 heavy (non-hydrogen) atoms. The third-order valence-electron chi connectivity index (χ3n) is 7.48. The van der Waals surface area contributed by atoms with Gasteiger partial charge in [-0.1, -0.05) is 31.2 Å². The monoisotopic (exact) mass is 433 g/mol. The number of fused-ring (bicyclic) bond motifs is 3. The lowest BCUT2D eigenvalue weighted by Gasteiger charge is -2.45. The molecule has 1 aromatic carbocycles. The molecule has 3 aromatic rings. The molecule has 3 heterocycles. The number of hydrogen-bond acceptors (Lipinski definition) is 3. The fourth-order valence-corrected chi connectivity index (χ4v) is 5.22. The van der Waals surface area contributed by atoms with Crippen molar-refractivity contribution in [3.63, 3.8) is 0 Å². The number of carbonyl (C=O) groups excluding carboxylic acids is 2. The van der Waals surface area contributed by atoms with Gasteiger partial charge in [0.25, 0.3) is 5.91 Å². The van der Waals surface area contributed by atoms with E-state index in [0.29, 0.717) is 30.3 Å². The lowest BCUT2D eigenvalue weighted by Crippen LogP contribution is -2.64. The average molecular weight is 434 g/mol. The number of furan rings is 1. The summed E-state index contributed by atoms with van der Waals surface area (Å²) in [5, 5.41) is 3.30. The molecule has 6 nitrogen and oxygen atoms in total. The van der Waals surface area contributed by atoms with Crippen molar-refractivity contribution in [2.45, 2.75) is 71.1 Å². The van der Waals surface area contributed by atoms with E-state index in [1.165, 1.54) is 0 Å². The zero-order valence-electron chi connectivity index (χ0n) is 19.1. The minimum absolute atomic E-state index is 0.0741. The lowest BCUT2D eigenvalue weighted by atomic mass is 9.86. The molecule has 0 radical (unpaired) electrons. The van der Waals surface area contributed by atoms with Crippen LogP contribution < -0.4 is 5.32 Å². The summed E-state index contributed by atoms with van der Waals surface area (Å²) in [6, 6.07) is 11.9. The van der Waals surface area contributed by atoms with Crippen LogP contribution in [0.2, 0.25) is 0 Å². The Labute approximate surface area is 188 Å². The summed E-state index contributed by atoms with van der Waals surface area (Å²) in [5.74, 6) is 0.500. The van der Waals surface area contributed by atoms with Gasteiger partial charge in [0.15, 0.2) is 5.58 Å². The molecule has 2 amide bonds. The van der Waals surface area contributed by atoms with Gasteiger partial charge in [-0.2, -0.15) is 0 Å². The van der Waals surface area contributed by atoms with Gasteiger partial charge in [-0.05, 0) is 56.6 Å². The summed E-state index contributed by atoms with van der Waals surface area (Å²) in [7, 11) is 0. The number of amides is 2. The number of aryl methyl sites for hydroxylation is 1. The topological polar surface area (TPSA) is 67.5 Å². The van der Waals surface area contributed by atoms with Crippen molar-refractivity contribution in [3.8, 4) is 0 Å². The first-order valence-electron chi connectivity index (χ1n) is 11.6. The van der Waals surface area contributed by atoms with E-state index in [1.54, 1.807) is 17.2 Å². The highest BCUT2D eigenvalue weighted by molar-refractivity contribution is 6.02. The second-order valence-corrected chi connectivity index (χ2v) is 9.81. The van der Waals surface area contributed by atoms with Crippen molar-refractivity contribution in [3.05, 3.63) is 59.5 Å². The highest BCUT2D eigenvalue weighted by Gasteiger charge is 2.48. The molecular formula is C26H31N3O3. The molecule has 5 rings (SSSR count). The Kier molecular flexibility index (Phi) is 5.11. The van der Waals surface area contributed by atoms with Gasteiger partial charge in [-0.15, -0.1) is 0 Å². The van der Waals surface area contributed by atoms with E-state index in [4.69, 9.17) is 4.42 Å². The number of benzene rings is 1. The van der Waals surface area contributed by atoms with E-state index < -0.39 is 5.54 Å². The minimum Gasteiger partial charge on any atom is -0.463 e. The maximum Gasteiger partial charge on any atom is 0.271 e. The van der Waals surface area contributed by atoms with E-state index in [-0.39, 0.29) is 17.9 Å². The third-order valence-corrected chi connectivity index (χ3v) is 7.48. The molecule has 1 fully saturated rings. The zero-order valence-corrected chi connectivity index (χ0v) is 19.1. The van der Waals surface area contributed by atoms with Crippen molar-refractivity contribution < 1.29 is 14.0 Å². The number of nitrogens with one attached hydrogen (secondary N) is 1. The van der Waals surface area contributed by atoms with Crippen LogP contribution in [0, 0.1) is 12.8 Å². The Balaban J connectivity index is 1.52. The number of aromatic nitrogens is 1. The van der Waals surface area contributed by atoms with Crippen molar-refractivity contribution in [2.24, 2.45) is 5.92 Å². The Hall–Kier alpha value is -3.02. The van der Waals surface area contributed by atoms with Crippen LogP contribution in [0.4, 0.5) is 0 Å². The maximum absolute atomic E-state index is 13.8. The quantitative estimate of drug-likeness (QED) is 0.651. The zero-order chi connectivity index (χ0) is 22.5. The molecule has 6 heteroatoms. The predicted molar refractivity (Wildman–Crippen MR) is 123 cm³/mol. The SMILES string of the molecule is Cc1ccccc1CN1C(=O)c2cc3occc3n2CC1(C)C(=O)NC1CCC(C)CC1. The molecule has 2 aromatic heterocycles. The fourth-order valence-electron chi connectivity index (χ4n) is 5.22. The summed E-state index contributed by atoms with van der Waals surface area (Å²) in [4.78, 5) is 29.3. The molecule has 0 spiro atoms. The number of carbonyl (C=O) groups is 2. The Morgan fingerprint density at radius 3 is 2.69 bits per heavy atom. The maximum atomic E-state index is 13.8. The first-order chi connectivity index (χ1) is 15.4. The molecule has 0 saturated heterocycles. The van der Waals surface area contributed by atoms with Gasteiger partial charge in [0.05, 0.1) is 18.3 Å². The normalized spacial score (nSPS) is 25.7. The smallest absolute Gasteiger partial charge is 0.271 e. The van der Waals surface area contributed by atoms with Crippen LogP contribution in [0.25, 0.3) is 11.1 Å². The summed E-state index contributed by atoms with van der Waals surface area (Å²) >= 11 is 0. The van der Waals surface area contributed by atoms with Crippen LogP contribution in [0.15, 0.2) is 47.1 Å². The third kappa shape index (κ3) is 3.42. The molecule has 1 saturated carbocycles. The summed E-state index contributed by atoms with van der Waals surface area (Å²) in [6.07, 6.45) is 5.88. The second kappa shape index (κ2) is 7.84. The van der Waals surface area contributed by atoms with Crippen molar-refractivity contribution in [1.82, 2.24) is 14.8 Å². The molecule has 1 aliphatic carbocycles. The van der Waals surface area contributed by atoms with Gasteiger partial charge in [0, 0.05) is 24.7 Å². The largest absolute Gasteiger partial charge is 0.463 e. The molecule has 1 unspecified atom stereocenters. The van der Waals surface area contributed by atoms with Crippen molar-refractivity contribution in [1.29, 1.82) is 0 Å². The standard InChI is InChI=1S/C26H31N3O3/c1-17-8-10-20(11-9-17)27-25(31)26(3)16-28-21-12-13-32-23(21)14-22(28)24(30)29(26)15-19-7-5-4-6-18(19)2/h4-7,12-14,17,20H,8-11,15-16H2,1-3H3,(H,27,31). The highest BCUT2D eigenvalue weighted by atomic mass is 16.3. The van der Waals surface area contributed by atoms with Crippen LogP contribution >= 0.6 is 0 Å². The van der Waals surface area contributed by atoms with E-state index in [9.17, 15) is 9.59 Å². The predicted octanol–water partition coefficient (Wildman–Crippen LogP) is 4.65. The van der Waals surface area contributed by atoms with E-state index in [2.05, 4.69) is 12.2 Å². The van der Waals surface area contributed by atoms with Gasteiger partial charge in [0.1, 0.15) is 11.2 Å². The average Bonchev–Trinajstić information content (AvgIpc) is 3.36. The fraction of sp³-hybridized carbons (Fsp3) is 0.462. The number of rotatable bonds is 4. The number of hydrogen-bond donors (Lipinski definition) is 1. The lowest BCUT2D eigenvalue weighted by molar-refractivity contribution is -0.134. The van der Waals surface area contributed by atoms with E-state index >= 15 is 0 Å². The molecule has 2 aliphatic rings. The van der Waals surface area contributed by atoms with E-state index in [1.807, 2.05) is 48.7 Å². The summed E-state index contributed by atoms with van der Waals surface area (Å²) < 4.78 is 7.50. The first-order valence-corrected chi connectivity index (χ1v) is 11.6. The van der Waals surface area contributed by atoms with Crippen LogP contribution in [0.5, 0.6) is 0 Å². The molecular weight excluding hydrogens is 402 g/mol.